The second-order valence-corrected chi connectivity index (χ2v) is 31.8. The summed E-state index contributed by atoms with van der Waals surface area (Å²) in [6.45, 7) is 36.1. The van der Waals surface area contributed by atoms with Gasteiger partial charge in [-0.05, 0) is 123 Å². The fourth-order valence-electron chi connectivity index (χ4n) is 6.83. The summed E-state index contributed by atoms with van der Waals surface area (Å²) in [6, 6.07) is 16.8. The zero-order valence-corrected chi connectivity index (χ0v) is 40.6. The van der Waals surface area contributed by atoms with Crippen LogP contribution in [0.25, 0.3) is 0 Å². The van der Waals surface area contributed by atoms with Gasteiger partial charge in [-0.1, -0.05) is 118 Å². The number of carbonyl (C=O) groups is 1. The molecule has 54 heavy (non-hydrogen) atoms. The average molecular weight is 799 g/mol. The van der Waals surface area contributed by atoms with Gasteiger partial charge in [-0.2, -0.15) is 0 Å². The number of hydrogen-bond acceptors (Lipinski definition) is 5. The minimum atomic E-state index is -1.90. The molecule has 0 amide bonds. The Morgan fingerprint density at radius 3 is 1.76 bits per heavy atom. The lowest BCUT2D eigenvalue weighted by atomic mass is 9.90. The molecule has 0 aliphatic heterocycles. The van der Waals surface area contributed by atoms with Crippen molar-refractivity contribution >= 4 is 30.7 Å². The van der Waals surface area contributed by atoms with E-state index < -0.39 is 25.0 Å². The number of benzene rings is 1. The van der Waals surface area contributed by atoms with E-state index in [0.717, 1.165) is 68.6 Å². The molecule has 0 unspecified atom stereocenters. The van der Waals surface area contributed by atoms with Crippen molar-refractivity contribution < 1.29 is 22.8 Å². The quantitative estimate of drug-likeness (QED) is 0.0427. The highest BCUT2D eigenvalue weighted by atomic mass is 28.4. The Morgan fingerprint density at radius 2 is 1.24 bits per heavy atom. The predicted octanol–water partition coefficient (Wildman–Crippen LogP) is 12.7. The number of carbonyl (C=O) groups excluding carboxylic acids is 1. The maximum absolute atomic E-state index is 13.2. The third-order valence-electron chi connectivity index (χ3n) is 12.6. The fourth-order valence-corrected chi connectivity index (χ4v) is 13.9. The molecule has 1 aromatic carbocycles. The number of hydrogen-bond donors (Lipinski definition) is 0. The van der Waals surface area contributed by atoms with Gasteiger partial charge in [-0.15, -0.1) is 0 Å². The monoisotopic (exact) mass is 799 g/mol. The van der Waals surface area contributed by atoms with E-state index in [1.807, 2.05) is 18.2 Å². The van der Waals surface area contributed by atoms with Crippen LogP contribution in [0.4, 0.5) is 0 Å². The molecule has 308 valence electrons. The fraction of sp³-hybridized carbons (Fsp3) is 0.761. The van der Waals surface area contributed by atoms with Crippen LogP contribution < -0.4 is 0 Å². The van der Waals surface area contributed by atoms with Gasteiger partial charge in [0.1, 0.15) is 0 Å². The third-order valence-corrected chi connectivity index (χ3v) is 26.4. The summed E-state index contributed by atoms with van der Waals surface area (Å²) in [7, 11) is -5.59. The Kier molecular flexibility index (Phi) is 23.4. The summed E-state index contributed by atoms with van der Waals surface area (Å²) < 4.78 is 26.7. The summed E-state index contributed by atoms with van der Waals surface area (Å²) in [5, 5.41) is 0.196. The van der Waals surface area contributed by atoms with Gasteiger partial charge in [0.05, 0.1) is 18.8 Å². The first-order valence-corrected chi connectivity index (χ1v) is 29.5. The van der Waals surface area contributed by atoms with Gasteiger partial charge < -0.3 is 18.0 Å². The Balaban J connectivity index is 3.10. The van der Waals surface area contributed by atoms with Crippen molar-refractivity contribution in [3.05, 3.63) is 35.9 Å². The van der Waals surface area contributed by atoms with E-state index >= 15 is 0 Å². The van der Waals surface area contributed by atoms with Crippen molar-refractivity contribution in [1.29, 1.82) is 0 Å². The molecule has 0 N–H and O–H groups in total. The predicted molar refractivity (Wildman–Crippen MR) is 239 cm³/mol. The smallest absolute Gasteiger partial charge is 0.279 e. The summed E-state index contributed by atoms with van der Waals surface area (Å²) in [4.78, 5) is 13.2. The Hall–Kier alpha value is -1.50. The van der Waals surface area contributed by atoms with Gasteiger partial charge in [0.15, 0.2) is 25.0 Å². The SMILES string of the molecule is CC[Si](CC)(CC)O[C@@H]([C@H](C)CCCOCc1ccccc1)[C@@H](C)C#CC(=O)C#C[C@@H](C)[C@H](CC[C@H](C)CO[Si](C)(C)C(C)(C)C)O[Si](CC)(CC)CC. The molecule has 1 aromatic rings. The van der Waals surface area contributed by atoms with E-state index in [9.17, 15) is 4.79 Å². The number of Topliss-reactive ketones (excluding diaryl/α,β-unsaturated/α-hetero) is 1. The van der Waals surface area contributed by atoms with Crippen LogP contribution in [0.2, 0.25) is 54.4 Å². The first kappa shape index (κ1) is 50.5. The van der Waals surface area contributed by atoms with Gasteiger partial charge in [0, 0.05) is 25.0 Å². The molecular formula is C46H82O5Si3. The molecule has 6 atom stereocenters. The van der Waals surface area contributed by atoms with Gasteiger partial charge in [0.25, 0.3) is 5.78 Å². The van der Waals surface area contributed by atoms with Crippen LogP contribution in [0.1, 0.15) is 121 Å². The molecule has 0 radical (unpaired) electrons. The minimum absolute atomic E-state index is 0.00969. The lowest BCUT2D eigenvalue weighted by Crippen LogP contribution is -2.44. The highest BCUT2D eigenvalue weighted by Gasteiger charge is 2.38. The van der Waals surface area contributed by atoms with E-state index in [-0.39, 0.29) is 34.9 Å². The molecule has 0 saturated carbocycles. The summed E-state index contributed by atoms with van der Waals surface area (Å²) in [5.41, 5.74) is 1.19. The lowest BCUT2D eigenvalue weighted by molar-refractivity contribution is -0.109. The molecule has 0 aliphatic rings. The standard InChI is InChI=1S/C46H82O5Si3/c1-16-53(17-2,18-3)50-44(34-29-38(7)36-49-52(14,15)46(11,12)13)39(8)30-32-43(47)33-31-41(10)45(51-54(19-4,20-5)21-6)40(9)26-25-35-48-37-42-27-23-22-24-28-42/h22-24,27-28,38-41,44-45H,16-21,25-26,29,34-37H2,1-15H3/t38-,39+,40+,41-,44-,45-/m0/s1. The normalized spacial score (nSPS) is 15.9. The molecule has 5 nitrogen and oxygen atoms in total. The van der Waals surface area contributed by atoms with Crippen LogP contribution in [-0.4, -0.2) is 56.2 Å². The highest BCUT2D eigenvalue weighted by Crippen LogP contribution is 2.37. The van der Waals surface area contributed by atoms with Crippen molar-refractivity contribution in [2.45, 2.75) is 189 Å². The Labute approximate surface area is 337 Å². The summed E-state index contributed by atoms with van der Waals surface area (Å²) >= 11 is 0. The molecule has 8 heteroatoms. The minimum Gasteiger partial charge on any atom is -0.417 e. The van der Waals surface area contributed by atoms with Crippen LogP contribution >= 0.6 is 0 Å². The molecule has 0 spiro atoms. The van der Waals surface area contributed by atoms with Crippen LogP contribution in [0.5, 0.6) is 0 Å². The van der Waals surface area contributed by atoms with Gasteiger partial charge in [-0.3, -0.25) is 4.79 Å². The molecule has 0 aliphatic carbocycles. The molecular weight excluding hydrogens is 717 g/mol. The van der Waals surface area contributed by atoms with Crippen molar-refractivity contribution in [2.24, 2.45) is 23.7 Å². The molecule has 0 aromatic heterocycles. The zero-order chi connectivity index (χ0) is 41.0. The number of ketones is 1. The Morgan fingerprint density at radius 1 is 0.722 bits per heavy atom. The van der Waals surface area contributed by atoms with E-state index in [1.54, 1.807) is 0 Å². The van der Waals surface area contributed by atoms with Crippen molar-refractivity contribution in [3.8, 4) is 23.7 Å². The van der Waals surface area contributed by atoms with Crippen LogP contribution in [0, 0.1) is 47.4 Å². The second-order valence-electron chi connectivity index (χ2n) is 17.6. The molecule has 0 fully saturated rings. The average Bonchev–Trinajstić information content (AvgIpc) is 3.16. The van der Waals surface area contributed by atoms with Crippen LogP contribution in [0.3, 0.4) is 0 Å². The molecule has 0 bridgehead atoms. The topological polar surface area (TPSA) is 54.0 Å². The van der Waals surface area contributed by atoms with Crippen molar-refractivity contribution in [1.82, 2.24) is 0 Å². The molecule has 0 saturated heterocycles. The van der Waals surface area contributed by atoms with E-state index in [4.69, 9.17) is 18.0 Å². The first-order chi connectivity index (χ1) is 25.4. The van der Waals surface area contributed by atoms with E-state index in [2.05, 4.69) is 139 Å². The van der Waals surface area contributed by atoms with E-state index in [0.29, 0.717) is 25.0 Å². The molecule has 0 heterocycles. The summed E-state index contributed by atoms with van der Waals surface area (Å²) in [6.07, 6.45) is 3.82. The van der Waals surface area contributed by atoms with Gasteiger partial charge >= 0.3 is 0 Å². The van der Waals surface area contributed by atoms with Gasteiger partial charge in [0.2, 0.25) is 0 Å². The maximum Gasteiger partial charge on any atom is 0.279 e. The summed E-state index contributed by atoms with van der Waals surface area (Å²) in [5.74, 6) is 12.7. The Bertz CT molecular complexity index is 1290. The highest BCUT2D eigenvalue weighted by molar-refractivity contribution is 6.74. The van der Waals surface area contributed by atoms with Gasteiger partial charge in [-0.25, -0.2) is 0 Å². The second kappa shape index (κ2) is 25.0. The maximum atomic E-state index is 13.2. The van der Waals surface area contributed by atoms with Crippen LogP contribution in [0.15, 0.2) is 30.3 Å². The third kappa shape index (κ3) is 17.3. The lowest BCUT2D eigenvalue weighted by Gasteiger charge is -2.38. The van der Waals surface area contributed by atoms with Crippen molar-refractivity contribution in [3.63, 3.8) is 0 Å². The number of rotatable bonds is 25. The van der Waals surface area contributed by atoms with E-state index in [1.165, 1.54) is 5.56 Å². The first-order valence-electron chi connectivity index (χ1n) is 21.6. The zero-order valence-electron chi connectivity index (χ0n) is 37.6. The van der Waals surface area contributed by atoms with Crippen molar-refractivity contribution in [2.75, 3.05) is 13.2 Å². The largest absolute Gasteiger partial charge is 0.417 e. The number of ether oxygens (including phenoxy) is 1. The molecule has 1 rings (SSSR count). The van der Waals surface area contributed by atoms with Crippen LogP contribution in [-0.2, 0) is 29.4 Å².